The van der Waals surface area contributed by atoms with E-state index in [4.69, 9.17) is 0 Å². The number of rotatable bonds is 6. The number of amides is 3. The molecule has 5 heteroatoms. The van der Waals surface area contributed by atoms with Crippen LogP contribution < -0.4 is 5.32 Å². The van der Waals surface area contributed by atoms with Crippen molar-refractivity contribution >= 4 is 11.9 Å². The molecule has 1 aromatic carbocycles. The number of benzene rings is 1. The van der Waals surface area contributed by atoms with Gasteiger partial charge in [0.2, 0.25) is 5.91 Å². The molecule has 1 N–H and O–H groups in total. The van der Waals surface area contributed by atoms with Gasteiger partial charge in [-0.2, -0.15) is 0 Å². The van der Waals surface area contributed by atoms with Gasteiger partial charge in [-0.25, -0.2) is 4.79 Å². The lowest BCUT2D eigenvalue weighted by molar-refractivity contribution is -0.130. The minimum Gasteiger partial charge on any atom is -0.343 e. The number of likely N-dealkylation sites (tertiary alicyclic amines) is 1. The zero-order chi connectivity index (χ0) is 16.7. The van der Waals surface area contributed by atoms with Crippen LogP contribution in [0.4, 0.5) is 4.79 Å². The Bertz CT molecular complexity index is 514. The molecule has 0 saturated carbocycles. The smallest absolute Gasteiger partial charge is 0.317 e. The molecule has 5 nitrogen and oxygen atoms in total. The number of nitrogens with zero attached hydrogens (tertiary/aromatic N) is 2. The first kappa shape index (κ1) is 17.3. The first-order chi connectivity index (χ1) is 11.2. The first-order valence-electron chi connectivity index (χ1n) is 8.51. The molecule has 1 atom stereocenters. The highest BCUT2D eigenvalue weighted by Gasteiger charge is 2.27. The van der Waals surface area contributed by atoms with E-state index >= 15 is 0 Å². The van der Waals surface area contributed by atoms with E-state index in [0.29, 0.717) is 32.0 Å². The number of nitrogens with one attached hydrogen (secondary N) is 1. The fourth-order valence-electron chi connectivity index (χ4n) is 3.06. The summed E-state index contributed by atoms with van der Waals surface area (Å²) in [6, 6.07) is 10.3. The summed E-state index contributed by atoms with van der Waals surface area (Å²) in [5, 5.41) is 2.87. The highest BCUT2D eigenvalue weighted by Crippen LogP contribution is 2.26. The van der Waals surface area contributed by atoms with Crippen molar-refractivity contribution in [3.63, 3.8) is 0 Å². The maximum Gasteiger partial charge on any atom is 0.317 e. The van der Waals surface area contributed by atoms with Crippen LogP contribution in [0.25, 0.3) is 0 Å². The molecule has 3 amide bonds. The van der Waals surface area contributed by atoms with Gasteiger partial charge in [0, 0.05) is 45.1 Å². The van der Waals surface area contributed by atoms with Gasteiger partial charge in [0.25, 0.3) is 0 Å². The summed E-state index contributed by atoms with van der Waals surface area (Å²) in [6.07, 6.45) is 1.36. The minimum absolute atomic E-state index is 0.0595. The third-order valence-corrected chi connectivity index (χ3v) is 4.48. The Morgan fingerprint density at radius 2 is 1.91 bits per heavy atom. The van der Waals surface area contributed by atoms with Crippen LogP contribution in [0.2, 0.25) is 0 Å². The molecule has 0 aliphatic carbocycles. The third-order valence-electron chi connectivity index (χ3n) is 4.48. The number of hydrogen-bond acceptors (Lipinski definition) is 2. The normalized spacial score (nSPS) is 17.1. The van der Waals surface area contributed by atoms with Crippen LogP contribution >= 0.6 is 0 Å². The van der Waals surface area contributed by atoms with Crippen LogP contribution in [0.5, 0.6) is 0 Å². The molecule has 1 heterocycles. The predicted molar refractivity (Wildman–Crippen MR) is 91.3 cm³/mol. The molecular formula is C18H27N3O2. The molecule has 1 aliphatic heterocycles. The Balaban J connectivity index is 1.74. The maximum atomic E-state index is 12.2. The van der Waals surface area contributed by atoms with E-state index in [1.165, 1.54) is 5.56 Å². The summed E-state index contributed by atoms with van der Waals surface area (Å²) in [5.41, 5.74) is 1.29. The summed E-state index contributed by atoms with van der Waals surface area (Å²) in [7, 11) is 0. The molecule has 0 bridgehead atoms. The third kappa shape index (κ3) is 4.71. The predicted octanol–water partition coefficient (Wildman–Crippen LogP) is 2.44. The van der Waals surface area contributed by atoms with Crippen LogP contribution in [0.3, 0.4) is 0 Å². The van der Waals surface area contributed by atoms with Gasteiger partial charge in [0.05, 0.1) is 0 Å². The van der Waals surface area contributed by atoms with Crippen LogP contribution in [-0.4, -0.2) is 54.5 Å². The van der Waals surface area contributed by atoms with Crippen molar-refractivity contribution in [1.82, 2.24) is 15.1 Å². The van der Waals surface area contributed by atoms with Gasteiger partial charge in [-0.15, -0.1) is 0 Å². The Morgan fingerprint density at radius 3 is 2.57 bits per heavy atom. The van der Waals surface area contributed by atoms with Crippen LogP contribution in [0.1, 0.15) is 38.2 Å². The SMILES string of the molecule is CCN(CC)C(=O)CCNC(=O)N1CC[C@H](c2ccccc2)C1. The zero-order valence-corrected chi connectivity index (χ0v) is 14.1. The quantitative estimate of drug-likeness (QED) is 0.876. The summed E-state index contributed by atoms with van der Waals surface area (Å²) < 4.78 is 0. The largest absolute Gasteiger partial charge is 0.343 e. The summed E-state index contributed by atoms with van der Waals surface area (Å²) in [4.78, 5) is 27.7. The molecule has 1 saturated heterocycles. The Morgan fingerprint density at radius 1 is 1.22 bits per heavy atom. The second-order valence-corrected chi connectivity index (χ2v) is 5.89. The van der Waals surface area contributed by atoms with Crippen LogP contribution in [0, 0.1) is 0 Å². The van der Waals surface area contributed by atoms with E-state index in [2.05, 4.69) is 17.4 Å². The second kappa shape index (κ2) is 8.56. The average molecular weight is 317 g/mol. The van der Waals surface area contributed by atoms with Gasteiger partial charge in [-0.05, 0) is 25.8 Å². The highest BCUT2D eigenvalue weighted by atomic mass is 16.2. The minimum atomic E-state index is -0.0595. The lowest BCUT2D eigenvalue weighted by Gasteiger charge is -2.20. The van der Waals surface area contributed by atoms with Crippen molar-refractivity contribution in [3.8, 4) is 0 Å². The standard InChI is InChI=1S/C18H27N3O2/c1-3-20(4-2)17(22)10-12-19-18(23)21-13-11-16(14-21)15-8-6-5-7-9-15/h5-9,16H,3-4,10-14H2,1-2H3,(H,19,23)/t16-/m0/s1. The van der Waals surface area contributed by atoms with Gasteiger partial charge in [-0.1, -0.05) is 30.3 Å². The Labute approximate surface area is 138 Å². The number of hydrogen-bond donors (Lipinski definition) is 1. The fourth-order valence-corrected chi connectivity index (χ4v) is 3.06. The lowest BCUT2D eigenvalue weighted by Crippen LogP contribution is -2.40. The highest BCUT2D eigenvalue weighted by molar-refractivity contribution is 5.78. The second-order valence-electron chi connectivity index (χ2n) is 5.89. The van der Waals surface area contributed by atoms with E-state index < -0.39 is 0 Å². The van der Waals surface area contributed by atoms with Crippen molar-refractivity contribution in [2.45, 2.75) is 32.6 Å². The fraction of sp³-hybridized carbons (Fsp3) is 0.556. The molecular weight excluding hydrogens is 290 g/mol. The first-order valence-corrected chi connectivity index (χ1v) is 8.51. The van der Waals surface area contributed by atoms with Crippen molar-refractivity contribution < 1.29 is 9.59 Å². The lowest BCUT2D eigenvalue weighted by atomic mass is 9.99. The topological polar surface area (TPSA) is 52.7 Å². The van der Waals surface area contributed by atoms with Crippen molar-refractivity contribution in [1.29, 1.82) is 0 Å². The van der Waals surface area contributed by atoms with E-state index in [9.17, 15) is 9.59 Å². The molecule has 1 aliphatic rings. The van der Waals surface area contributed by atoms with Crippen LogP contribution in [-0.2, 0) is 4.79 Å². The van der Waals surface area contributed by atoms with Crippen molar-refractivity contribution in [2.75, 3.05) is 32.7 Å². The number of urea groups is 1. The number of carbonyl (C=O) groups is 2. The monoisotopic (exact) mass is 317 g/mol. The molecule has 0 radical (unpaired) electrons. The Kier molecular flexibility index (Phi) is 6.44. The van der Waals surface area contributed by atoms with Gasteiger partial charge in [-0.3, -0.25) is 4.79 Å². The Hall–Kier alpha value is -2.04. The average Bonchev–Trinajstić information content (AvgIpc) is 3.07. The van der Waals surface area contributed by atoms with Gasteiger partial charge < -0.3 is 15.1 Å². The van der Waals surface area contributed by atoms with Gasteiger partial charge in [0.1, 0.15) is 0 Å². The van der Waals surface area contributed by atoms with Gasteiger partial charge in [0.15, 0.2) is 0 Å². The summed E-state index contributed by atoms with van der Waals surface area (Å²) >= 11 is 0. The summed E-state index contributed by atoms with van der Waals surface area (Å²) in [6.45, 7) is 7.29. The molecule has 0 spiro atoms. The molecule has 126 valence electrons. The molecule has 1 fully saturated rings. The van der Waals surface area contributed by atoms with Crippen molar-refractivity contribution in [2.24, 2.45) is 0 Å². The molecule has 2 rings (SSSR count). The van der Waals surface area contributed by atoms with Gasteiger partial charge >= 0.3 is 6.03 Å². The van der Waals surface area contributed by atoms with E-state index in [-0.39, 0.29) is 11.9 Å². The van der Waals surface area contributed by atoms with E-state index in [1.54, 1.807) is 4.90 Å². The van der Waals surface area contributed by atoms with Crippen LogP contribution in [0.15, 0.2) is 30.3 Å². The maximum absolute atomic E-state index is 12.2. The van der Waals surface area contributed by atoms with E-state index in [1.807, 2.05) is 36.9 Å². The zero-order valence-electron chi connectivity index (χ0n) is 14.1. The molecule has 0 unspecified atom stereocenters. The molecule has 0 aromatic heterocycles. The molecule has 23 heavy (non-hydrogen) atoms. The van der Waals surface area contributed by atoms with Crippen molar-refractivity contribution in [3.05, 3.63) is 35.9 Å². The van der Waals surface area contributed by atoms with E-state index in [0.717, 1.165) is 19.5 Å². The number of carbonyl (C=O) groups excluding carboxylic acids is 2. The summed E-state index contributed by atoms with van der Waals surface area (Å²) in [5.74, 6) is 0.512. The molecule has 1 aromatic rings.